The molecule has 0 saturated carbocycles. The highest BCUT2D eigenvalue weighted by Gasteiger charge is 2.34. The van der Waals surface area contributed by atoms with Gasteiger partial charge in [0.05, 0.1) is 23.1 Å². The number of amides is 2. The normalized spacial score (nSPS) is 19.8. The van der Waals surface area contributed by atoms with E-state index in [4.69, 9.17) is 0 Å². The second-order valence-electron chi connectivity index (χ2n) is 6.16. The van der Waals surface area contributed by atoms with Gasteiger partial charge in [-0.2, -0.15) is 0 Å². The van der Waals surface area contributed by atoms with E-state index in [1.165, 1.54) is 0 Å². The van der Waals surface area contributed by atoms with E-state index in [0.29, 0.717) is 24.1 Å². The van der Waals surface area contributed by atoms with Crippen LogP contribution in [0.4, 0.5) is 5.69 Å². The largest absolute Gasteiger partial charge is 0.481 e. The predicted molar refractivity (Wildman–Crippen MR) is 90.7 cm³/mol. The van der Waals surface area contributed by atoms with Crippen molar-refractivity contribution in [1.82, 2.24) is 5.32 Å². The Bertz CT molecular complexity index is 667. The zero-order chi connectivity index (χ0) is 17.7. The van der Waals surface area contributed by atoms with Crippen molar-refractivity contribution in [1.29, 1.82) is 0 Å². The van der Waals surface area contributed by atoms with Crippen LogP contribution in [0.3, 0.4) is 0 Å². The molecule has 1 aromatic carbocycles. The van der Waals surface area contributed by atoms with Crippen molar-refractivity contribution in [3.05, 3.63) is 42.0 Å². The zero-order valence-electron chi connectivity index (χ0n) is 13.8. The number of allylic oxidation sites excluding steroid dienone is 2. The molecule has 2 atom stereocenters. The van der Waals surface area contributed by atoms with Crippen LogP contribution in [0.2, 0.25) is 0 Å². The number of hydrogen-bond donors (Lipinski definition) is 3. The molecule has 0 aromatic heterocycles. The van der Waals surface area contributed by atoms with Crippen molar-refractivity contribution in [2.24, 2.45) is 11.8 Å². The Morgan fingerprint density at radius 3 is 2.33 bits per heavy atom. The number of carbonyl (C=O) groups excluding carboxylic acids is 2. The lowest BCUT2D eigenvalue weighted by molar-refractivity contribution is -0.146. The number of nitrogens with one attached hydrogen (secondary N) is 2. The van der Waals surface area contributed by atoms with Gasteiger partial charge in [-0.3, -0.25) is 14.4 Å². The Hall–Kier alpha value is -2.63. The maximum Gasteiger partial charge on any atom is 0.307 e. The SMILES string of the molecule is CC(C)NC(=O)c1ccccc1NC(=O)C1CC=CCC1C(=O)O. The lowest BCUT2D eigenvalue weighted by Gasteiger charge is -2.24. The van der Waals surface area contributed by atoms with Gasteiger partial charge in [-0.1, -0.05) is 24.3 Å². The third kappa shape index (κ3) is 4.22. The van der Waals surface area contributed by atoms with Crippen LogP contribution < -0.4 is 10.6 Å². The average Bonchev–Trinajstić information content (AvgIpc) is 2.54. The summed E-state index contributed by atoms with van der Waals surface area (Å²) in [7, 11) is 0. The summed E-state index contributed by atoms with van der Waals surface area (Å²) in [6.07, 6.45) is 4.32. The van der Waals surface area contributed by atoms with Gasteiger partial charge < -0.3 is 15.7 Å². The molecule has 24 heavy (non-hydrogen) atoms. The van der Waals surface area contributed by atoms with Gasteiger partial charge >= 0.3 is 5.97 Å². The van der Waals surface area contributed by atoms with Crippen molar-refractivity contribution < 1.29 is 19.5 Å². The van der Waals surface area contributed by atoms with E-state index in [9.17, 15) is 19.5 Å². The van der Waals surface area contributed by atoms with E-state index in [0.717, 1.165) is 0 Å². The molecule has 1 aliphatic carbocycles. The molecule has 2 unspecified atom stereocenters. The highest BCUT2D eigenvalue weighted by atomic mass is 16.4. The van der Waals surface area contributed by atoms with Crippen molar-refractivity contribution in [2.75, 3.05) is 5.32 Å². The summed E-state index contributed by atoms with van der Waals surface area (Å²) in [5.74, 6) is -3.03. The molecule has 0 saturated heterocycles. The Kier molecular flexibility index (Phi) is 5.73. The van der Waals surface area contributed by atoms with Gasteiger partial charge in [-0.15, -0.1) is 0 Å². The Balaban J connectivity index is 2.18. The molecule has 6 heteroatoms. The fourth-order valence-corrected chi connectivity index (χ4v) is 2.73. The monoisotopic (exact) mass is 330 g/mol. The first-order valence-electron chi connectivity index (χ1n) is 7.98. The van der Waals surface area contributed by atoms with E-state index in [-0.39, 0.29) is 17.9 Å². The lowest BCUT2D eigenvalue weighted by Crippen LogP contribution is -2.35. The van der Waals surface area contributed by atoms with E-state index in [1.54, 1.807) is 30.3 Å². The fraction of sp³-hybridized carbons (Fsp3) is 0.389. The molecule has 1 aromatic rings. The van der Waals surface area contributed by atoms with Crippen LogP contribution in [0, 0.1) is 11.8 Å². The summed E-state index contributed by atoms with van der Waals surface area (Å²) in [4.78, 5) is 36.1. The van der Waals surface area contributed by atoms with Crippen LogP contribution in [-0.4, -0.2) is 28.9 Å². The first-order chi connectivity index (χ1) is 11.4. The Morgan fingerprint density at radius 2 is 1.71 bits per heavy atom. The molecule has 2 amide bonds. The molecule has 6 nitrogen and oxygen atoms in total. The van der Waals surface area contributed by atoms with Gasteiger partial charge in [-0.05, 0) is 38.8 Å². The average molecular weight is 330 g/mol. The van der Waals surface area contributed by atoms with Crippen LogP contribution in [0.15, 0.2) is 36.4 Å². The number of anilines is 1. The Labute approximate surface area is 140 Å². The molecule has 0 radical (unpaired) electrons. The number of para-hydroxylation sites is 1. The minimum absolute atomic E-state index is 0.0267. The minimum Gasteiger partial charge on any atom is -0.481 e. The number of rotatable bonds is 5. The summed E-state index contributed by atoms with van der Waals surface area (Å²) in [6, 6.07) is 6.68. The van der Waals surface area contributed by atoms with Crippen LogP contribution in [-0.2, 0) is 9.59 Å². The standard InChI is InChI=1S/C18H22N2O4/c1-11(2)19-17(22)14-9-5-6-10-15(14)20-16(21)12-7-3-4-8-13(12)18(23)24/h3-6,9-13H,7-8H2,1-2H3,(H,19,22)(H,20,21)(H,23,24). The molecule has 0 spiro atoms. The van der Waals surface area contributed by atoms with Crippen molar-refractivity contribution in [3.8, 4) is 0 Å². The zero-order valence-corrected chi connectivity index (χ0v) is 13.8. The van der Waals surface area contributed by atoms with Crippen LogP contribution in [0.25, 0.3) is 0 Å². The maximum atomic E-state index is 12.5. The topological polar surface area (TPSA) is 95.5 Å². The summed E-state index contributed by atoms with van der Waals surface area (Å²) < 4.78 is 0. The first-order valence-corrected chi connectivity index (χ1v) is 7.98. The summed E-state index contributed by atoms with van der Waals surface area (Å²) in [6.45, 7) is 3.70. The van der Waals surface area contributed by atoms with Gasteiger partial charge in [0.15, 0.2) is 0 Å². The summed E-state index contributed by atoms with van der Waals surface area (Å²) in [5, 5.41) is 14.8. The third-order valence-corrected chi connectivity index (χ3v) is 3.94. The minimum atomic E-state index is -0.981. The lowest BCUT2D eigenvalue weighted by atomic mass is 9.82. The second-order valence-corrected chi connectivity index (χ2v) is 6.16. The van der Waals surface area contributed by atoms with Gasteiger partial charge in [0, 0.05) is 6.04 Å². The van der Waals surface area contributed by atoms with Crippen LogP contribution >= 0.6 is 0 Å². The molecule has 0 heterocycles. The van der Waals surface area contributed by atoms with E-state index < -0.39 is 17.8 Å². The van der Waals surface area contributed by atoms with Crippen LogP contribution in [0.1, 0.15) is 37.0 Å². The predicted octanol–water partition coefficient (Wildman–Crippen LogP) is 2.43. The highest BCUT2D eigenvalue weighted by Crippen LogP contribution is 2.28. The second kappa shape index (κ2) is 7.77. The molecule has 3 N–H and O–H groups in total. The maximum absolute atomic E-state index is 12.5. The number of carbonyl (C=O) groups is 3. The molecule has 0 fully saturated rings. The van der Waals surface area contributed by atoms with Crippen molar-refractivity contribution in [2.45, 2.75) is 32.7 Å². The summed E-state index contributed by atoms with van der Waals surface area (Å²) >= 11 is 0. The van der Waals surface area contributed by atoms with Crippen LogP contribution in [0.5, 0.6) is 0 Å². The van der Waals surface area contributed by atoms with Gasteiger partial charge in [0.25, 0.3) is 5.91 Å². The molecule has 0 bridgehead atoms. The molecule has 1 aliphatic rings. The summed E-state index contributed by atoms with van der Waals surface area (Å²) in [5.41, 5.74) is 0.747. The van der Waals surface area contributed by atoms with E-state index >= 15 is 0 Å². The highest BCUT2D eigenvalue weighted by molar-refractivity contribution is 6.04. The molecule has 0 aliphatic heterocycles. The first kappa shape index (κ1) is 17.7. The molecule has 128 valence electrons. The van der Waals surface area contributed by atoms with E-state index in [1.807, 2.05) is 19.9 Å². The number of aliphatic carboxylic acids is 1. The number of hydrogen-bond acceptors (Lipinski definition) is 3. The van der Waals surface area contributed by atoms with Crippen molar-refractivity contribution >= 4 is 23.5 Å². The number of carboxylic acids is 1. The number of benzene rings is 1. The van der Waals surface area contributed by atoms with Gasteiger partial charge in [0.1, 0.15) is 0 Å². The van der Waals surface area contributed by atoms with Crippen molar-refractivity contribution in [3.63, 3.8) is 0 Å². The quantitative estimate of drug-likeness (QED) is 0.723. The molecular formula is C18H22N2O4. The third-order valence-electron chi connectivity index (χ3n) is 3.94. The van der Waals surface area contributed by atoms with Gasteiger partial charge in [-0.25, -0.2) is 0 Å². The Morgan fingerprint density at radius 1 is 1.08 bits per heavy atom. The fourth-order valence-electron chi connectivity index (χ4n) is 2.73. The number of carboxylic acid groups (broad SMARTS) is 1. The molecule has 2 rings (SSSR count). The molecular weight excluding hydrogens is 308 g/mol. The van der Waals surface area contributed by atoms with E-state index in [2.05, 4.69) is 10.6 Å². The smallest absolute Gasteiger partial charge is 0.307 e. The van der Waals surface area contributed by atoms with Gasteiger partial charge in [0.2, 0.25) is 5.91 Å².